The van der Waals surface area contributed by atoms with E-state index in [1.807, 2.05) is 6.08 Å². The molecule has 0 spiro atoms. The fourth-order valence-corrected chi connectivity index (χ4v) is 3.67. The fourth-order valence-electron chi connectivity index (χ4n) is 3.67. The van der Waals surface area contributed by atoms with Crippen molar-refractivity contribution in [3.8, 4) is 0 Å². The van der Waals surface area contributed by atoms with Crippen molar-refractivity contribution in [2.24, 2.45) is 5.92 Å². The third-order valence-corrected chi connectivity index (χ3v) is 5.06. The van der Waals surface area contributed by atoms with E-state index in [1.54, 1.807) is 20.8 Å². The lowest BCUT2D eigenvalue weighted by Gasteiger charge is -2.33. The maximum Gasteiger partial charge on any atom is 0.408 e. The van der Waals surface area contributed by atoms with Crippen LogP contribution < -0.4 is 5.32 Å². The minimum atomic E-state index is -0.976. The van der Waals surface area contributed by atoms with Gasteiger partial charge in [-0.1, -0.05) is 12.5 Å². The van der Waals surface area contributed by atoms with E-state index in [0.717, 1.165) is 19.3 Å². The number of hydrogen-bond donors (Lipinski definition) is 2. The molecule has 0 aromatic heterocycles. The smallest absolute Gasteiger partial charge is 0.408 e. The number of unbranched alkanes of at least 4 members (excludes halogenated alkanes) is 2. The standard InChI is InChI=1S/C22H38N2O7/c1-7-8-9-10-11-15(14-29-5)18(23-21(28)31-22(2,3)4)19(26)24-13-16(25)12-17(24)20(27)30-6/h7,15-18,25H,1,8-14H2,2-6H3,(H,23,28)/t15-,16?,17?,18-/m0/s1. The zero-order chi connectivity index (χ0) is 23.6. The predicted molar refractivity (Wildman–Crippen MR) is 115 cm³/mol. The average molecular weight is 443 g/mol. The Morgan fingerprint density at radius 2 is 1.94 bits per heavy atom. The molecule has 0 bridgehead atoms. The van der Waals surface area contributed by atoms with Crippen molar-refractivity contribution in [1.82, 2.24) is 10.2 Å². The molecule has 4 atom stereocenters. The van der Waals surface area contributed by atoms with Crippen LogP contribution in [0.5, 0.6) is 0 Å². The van der Waals surface area contributed by atoms with Crippen molar-refractivity contribution in [3.05, 3.63) is 12.7 Å². The number of ether oxygens (including phenoxy) is 3. The van der Waals surface area contributed by atoms with Crippen LogP contribution in [0.3, 0.4) is 0 Å². The van der Waals surface area contributed by atoms with Gasteiger partial charge in [-0.25, -0.2) is 9.59 Å². The monoisotopic (exact) mass is 442 g/mol. The third kappa shape index (κ3) is 8.86. The molecule has 0 radical (unpaired) electrons. The number of amides is 2. The number of esters is 1. The Hall–Kier alpha value is -2.13. The summed E-state index contributed by atoms with van der Waals surface area (Å²) in [6.07, 6.45) is 3.52. The van der Waals surface area contributed by atoms with Crippen LogP contribution in [0.15, 0.2) is 12.7 Å². The molecule has 31 heavy (non-hydrogen) atoms. The van der Waals surface area contributed by atoms with E-state index in [4.69, 9.17) is 14.2 Å². The highest BCUT2D eigenvalue weighted by molar-refractivity contribution is 5.90. The quantitative estimate of drug-likeness (QED) is 0.286. The largest absolute Gasteiger partial charge is 0.467 e. The van der Waals surface area contributed by atoms with Crippen LogP contribution in [-0.4, -0.2) is 79.1 Å². The first-order valence-corrected chi connectivity index (χ1v) is 10.7. The Kier molecular flexibility index (Phi) is 11.0. The minimum Gasteiger partial charge on any atom is -0.467 e. The Balaban J connectivity index is 3.12. The zero-order valence-electron chi connectivity index (χ0n) is 19.4. The van der Waals surface area contributed by atoms with Gasteiger partial charge in [0, 0.05) is 26.0 Å². The molecule has 1 saturated heterocycles. The number of β-amino-alcohol motifs (C(OH)–C–C–N with tert-alkyl or cyclic N) is 1. The minimum absolute atomic E-state index is 0.0126. The van der Waals surface area contributed by atoms with Crippen LogP contribution in [-0.2, 0) is 23.8 Å². The van der Waals surface area contributed by atoms with E-state index in [9.17, 15) is 19.5 Å². The Morgan fingerprint density at radius 1 is 1.26 bits per heavy atom. The van der Waals surface area contributed by atoms with E-state index in [1.165, 1.54) is 19.1 Å². The van der Waals surface area contributed by atoms with Gasteiger partial charge in [0.25, 0.3) is 0 Å². The molecule has 1 aliphatic rings. The van der Waals surface area contributed by atoms with Crippen molar-refractivity contribution in [2.75, 3.05) is 27.4 Å². The van der Waals surface area contributed by atoms with Crippen LogP contribution in [0.25, 0.3) is 0 Å². The number of nitrogens with zero attached hydrogens (tertiary/aromatic N) is 1. The van der Waals surface area contributed by atoms with Crippen molar-refractivity contribution < 1.29 is 33.7 Å². The topological polar surface area (TPSA) is 114 Å². The van der Waals surface area contributed by atoms with Crippen LogP contribution in [0.2, 0.25) is 0 Å². The number of carbonyl (C=O) groups is 3. The maximum atomic E-state index is 13.5. The van der Waals surface area contributed by atoms with Crippen LogP contribution in [0.4, 0.5) is 4.79 Å². The number of nitrogens with one attached hydrogen (secondary N) is 1. The van der Waals surface area contributed by atoms with Gasteiger partial charge in [-0.2, -0.15) is 0 Å². The second-order valence-electron chi connectivity index (χ2n) is 8.83. The molecule has 9 heteroatoms. The summed E-state index contributed by atoms with van der Waals surface area (Å²) in [4.78, 5) is 39.5. The number of methoxy groups -OCH3 is 2. The van der Waals surface area contributed by atoms with Crippen LogP contribution >= 0.6 is 0 Å². The van der Waals surface area contributed by atoms with Crippen molar-refractivity contribution in [2.45, 2.75) is 76.7 Å². The molecular weight excluding hydrogens is 404 g/mol. The molecular formula is C22H38N2O7. The molecule has 1 fully saturated rings. The summed E-state index contributed by atoms with van der Waals surface area (Å²) in [6, 6.07) is -1.88. The lowest BCUT2D eigenvalue weighted by molar-refractivity contribution is -0.152. The van der Waals surface area contributed by atoms with Gasteiger partial charge in [0.15, 0.2) is 0 Å². The Morgan fingerprint density at radius 3 is 2.48 bits per heavy atom. The van der Waals surface area contributed by atoms with E-state index in [-0.39, 0.29) is 25.5 Å². The van der Waals surface area contributed by atoms with Gasteiger partial charge in [-0.05, 0) is 40.0 Å². The molecule has 2 unspecified atom stereocenters. The fraction of sp³-hybridized carbons (Fsp3) is 0.773. The zero-order valence-corrected chi connectivity index (χ0v) is 19.4. The highest BCUT2D eigenvalue weighted by Crippen LogP contribution is 2.24. The van der Waals surface area contributed by atoms with Gasteiger partial charge in [0.2, 0.25) is 5.91 Å². The number of carbonyl (C=O) groups excluding carboxylic acids is 3. The summed E-state index contributed by atoms with van der Waals surface area (Å²) < 4.78 is 15.5. The maximum absolute atomic E-state index is 13.5. The third-order valence-electron chi connectivity index (χ3n) is 5.06. The molecule has 2 N–H and O–H groups in total. The Labute approximate surface area is 185 Å². The first kappa shape index (κ1) is 26.9. The first-order chi connectivity index (χ1) is 14.5. The second-order valence-corrected chi connectivity index (χ2v) is 8.83. The van der Waals surface area contributed by atoms with Gasteiger partial charge >= 0.3 is 12.1 Å². The summed E-state index contributed by atoms with van der Waals surface area (Å²) in [6.45, 7) is 9.13. The summed E-state index contributed by atoms with van der Waals surface area (Å²) >= 11 is 0. The molecule has 0 aromatic rings. The van der Waals surface area contributed by atoms with Gasteiger partial charge in [0.05, 0.1) is 19.8 Å². The predicted octanol–water partition coefficient (Wildman–Crippen LogP) is 2.02. The number of alkyl carbamates (subject to hydrolysis) is 1. The Bertz CT molecular complexity index is 617. The van der Waals surface area contributed by atoms with E-state index in [0.29, 0.717) is 6.42 Å². The van der Waals surface area contributed by atoms with Crippen molar-refractivity contribution in [3.63, 3.8) is 0 Å². The lowest BCUT2D eigenvalue weighted by Crippen LogP contribution is -2.56. The van der Waals surface area contributed by atoms with Gasteiger partial charge in [0.1, 0.15) is 17.7 Å². The number of allylic oxidation sites excluding steroid dienone is 1. The number of aliphatic hydroxyl groups excluding tert-OH is 1. The van der Waals surface area contributed by atoms with Crippen molar-refractivity contribution >= 4 is 18.0 Å². The summed E-state index contributed by atoms with van der Waals surface area (Å²) in [5, 5.41) is 12.8. The summed E-state index contributed by atoms with van der Waals surface area (Å²) in [5.74, 6) is -1.41. The number of hydrogen-bond acceptors (Lipinski definition) is 7. The molecule has 0 aliphatic carbocycles. The number of rotatable bonds is 11. The lowest BCUT2D eigenvalue weighted by atomic mass is 9.92. The molecule has 178 valence electrons. The van der Waals surface area contributed by atoms with Crippen LogP contribution in [0.1, 0.15) is 52.9 Å². The van der Waals surface area contributed by atoms with E-state index in [2.05, 4.69) is 11.9 Å². The van der Waals surface area contributed by atoms with Crippen LogP contribution in [0, 0.1) is 5.92 Å². The average Bonchev–Trinajstić information content (AvgIpc) is 3.08. The molecule has 1 rings (SSSR count). The molecule has 2 amide bonds. The highest BCUT2D eigenvalue weighted by atomic mass is 16.6. The molecule has 0 saturated carbocycles. The SMILES string of the molecule is C=CCCCC[C@@H](COC)[C@H](NC(=O)OC(C)(C)C)C(=O)N1CC(O)CC1C(=O)OC. The number of aliphatic hydroxyl groups is 1. The van der Waals surface area contributed by atoms with E-state index >= 15 is 0 Å². The highest BCUT2D eigenvalue weighted by Gasteiger charge is 2.44. The number of likely N-dealkylation sites (tertiary alicyclic amines) is 1. The molecule has 1 aliphatic heterocycles. The summed E-state index contributed by atoms with van der Waals surface area (Å²) in [7, 11) is 2.77. The molecule has 9 nitrogen and oxygen atoms in total. The molecule has 0 aromatic carbocycles. The normalized spacial score (nSPS) is 20.6. The molecule has 1 heterocycles. The van der Waals surface area contributed by atoms with Gasteiger partial charge in [-0.3, -0.25) is 4.79 Å². The van der Waals surface area contributed by atoms with Gasteiger partial charge < -0.3 is 29.5 Å². The van der Waals surface area contributed by atoms with Crippen molar-refractivity contribution in [1.29, 1.82) is 0 Å². The summed E-state index contributed by atoms with van der Waals surface area (Å²) in [5.41, 5.74) is -0.739. The van der Waals surface area contributed by atoms with Gasteiger partial charge in [-0.15, -0.1) is 6.58 Å². The second kappa shape index (κ2) is 12.7. The van der Waals surface area contributed by atoms with E-state index < -0.39 is 41.8 Å². The first-order valence-electron chi connectivity index (χ1n) is 10.7.